The highest BCUT2D eigenvalue weighted by molar-refractivity contribution is 7.99. The van der Waals surface area contributed by atoms with Crippen LogP contribution in [0.15, 0.2) is 0 Å². The van der Waals surface area contributed by atoms with Crippen LogP contribution in [0.3, 0.4) is 0 Å². The molecule has 2 aliphatic rings. The van der Waals surface area contributed by atoms with Gasteiger partial charge in [-0.2, -0.15) is 11.8 Å². The molecule has 21 heavy (non-hydrogen) atoms. The van der Waals surface area contributed by atoms with Crippen molar-refractivity contribution in [2.75, 3.05) is 18.1 Å². The highest BCUT2D eigenvalue weighted by Crippen LogP contribution is 2.32. The van der Waals surface area contributed by atoms with Crippen LogP contribution < -0.4 is 5.32 Å². The van der Waals surface area contributed by atoms with Crippen LogP contribution in [0.5, 0.6) is 0 Å². The molecule has 1 atom stereocenters. The van der Waals surface area contributed by atoms with Gasteiger partial charge in [-0.1, -0.05) is 26.2 Å². The Hall–Kier alpha value is -0.710. The van der Waals surface area contributed by atoms with Gasteiger partial charge in [-0.05, 0) is 38.4 Å². The molecule has 120 valence electrons. The maximum atomic E-state index is 12.7. The van der Waals surface area contributed by atoms with Crippen LogP contribution in [0, 0.1) is 5.92 Å². The molecule has 0 aromatic rings. The molecule has 2 amide bonds. The predicted molar refractivity (Wildman–Crippen MR) is 87.3 cm³/mol. The van der Waals surface area contributed by atoms with Crippen molar-refractivity contribution < 1.29 is 9.59 Å². The number of thioether (sulfide) groups is 1. The van der Waals surface area contributed by atoms with Gasteiger partial charge in [-0.25, -0.2) is 0 Å². The van der Waals surface area contributed by atoms with E-state index in [4.69, 9.17) is 0 Å². The molecule has 0 aromatic carbocycles. The molecule has 1 unspecified atom stereocenters. The van der Waals surface area contributed by atoms with E-state index < -0.39 is 5.54 Å². The topological polar surface area (TPSA) is 49.4 Å². The van der Waals surface area contributed by atoms with Crippen molar-refractivity contribution in [2.24, 2.45) is 5.92 Å². The monoisotopic (exact) mass is 312 g/mol. The number of hydrogen-bond acceptors (Lipinski definition) is 3. The predicted octanol–water partition coefficient (Wildman–Crippen LogP) is 2.43. The van der Waals surface area contributed by atoms with Crippen molar-refractivity contribution in [3.8, 4) is 0 Å². The van der Waals surface area contributed by atoms with Crippen molar-refractivity contribution in [1.82, 2.24) is 10.2 Å². The number of rotatable bonds is 5. The Kier molecular flexibility index (Phi) is 5.58. The minimum absolute atomic E-state index is 0.0491. The number of nitrogens with zero attached hydrogens (tertiary/aromatic N) is 1. The van der Waals surface area contributed by atoms with Gasteiger partial charge in [0.25, 0.3) is 0 Å². The van der Waals surface area contributed by atoms with Crippen molar-refractivity contribution in [2.45, 2.75) is 64.5 Å². The summed E-state index contributed by atoms with van der Waals surface area (Å²) in [5.74, 6) is 2.42. The molecule has 0 bridgehead atoms. The Morgan fingerprint density at radius 1 is 1.24 bits per heavy atom. The molecular formula is C16H28N2O2S. The van der Waals surface area contributed by atoms with Crippen LogP contribution in [0.2, 0.25) is 0 Å². The molecule has 0 radical (unpaired) electrons. The minimum Gasteiger partial charge on any atom is -0.340 e. The molecular weight excluding hydrogens is 284 g/mol. The first-order chi connectivity index (χ1) is 9.97. The Morgan fingerprint density at radius 3 is 2.52 bits per heavy atom. The van der Waals surface area contributed by atoms with Gasteiger partial charge in [0.2, 0.25) is 11.8 Å². The summed E-state index contributed by atoms with van der Waals surface area (Å²) >= 11 is 1.83. The summed E-state index contributed by atoms with van der Waals surface area (Å²) in [6.45, 7) is 6.43. The molecule has 2 fully saturated rings. The Morgan fingerprint density at radius 2 is 1.90 bits per heavy atom. The third-order valence-electron chi connectivity index (χ3n) is 4.61. The second-order valence-corrected chi connectivity index (χ2v) is 8.05. The van der Waals surface area contributed by atoms with E-state index in [-0.39, 0.29) is 17.9 Å². The molecule has 1 aliphatic carbocycles. The standard InChI is InChI=1S/C16H28N2O2S/c1-4-21-11-10-18-13(12-8-6-5-7-9-12)14(19)17-16(2,3)15(18)20/h12-13H,4-11H2,1-3H3,(H,17,19). The average Bonchev–Trinajstić information content (AvgIpc) is 2.45. The van der Waals surface area contributed by atoms with Crippen LogP contribution in [0.25, 0.3) is 0 Å². The van der Waals surface area contributed by atoms with Gasteiger partial charge in [-0.3, -0.25) is 9.59 Å². The summed E-state index contributed by atoms with van der Waals surface area (Å²) in [5, 5.41) is 2.94. The molecule has 2 rings (SSSR count). The maximum Gasteiger partial charge on any atom is 0.248 e. The molecule has 5 heteroatoms. The summed E-state index contributed by atoms with van der Waals surface area (Å²) in [5.41, 5.74) is -0.765. The van der Waals surface area contributed by atoms with E-state index in [9.17, 15) is 9.59 Å². The van der Waals surface area contributed by atoms with Gasteiger partial charge >= 0.3 is 0 Å². The molecule has 1 saturated carbocycles. The zero-order valence-corrected chi connectivity index (χ0v) is 14.3. The summed E-state index contributed by atoms with van der Waals surface area (Å²) in [6, 6.07) is -0.247. The molecule has 0 spiro atoms. The van der Waals surface area contributed by atoms with E-state index >= 15 is 0 Å². The third kappa shape index (κ3) is 3.74. The number of piperazine rings is 1. The first-order valence-corrected chi connectivity index (χ1v) is 9.33. The van der Waals surface area contributed by atoms with Gasteiger partial charge in [0.1, 0.15) is 11.6 Å². The lowest BCUT2D eigenvalue weighted by Gasteiger charge is -2.46. The van der Waals surface area contributed by atoms with E-state index in [1.807, 2.05) is 30.5 Å². The highest BCUT2D eigenvalue weighted by atomic mass is 32.2. The van der Waals surface area contributed by atoms with Crippen molar-refractivity contribution in [3.63, 3.8) is 0 Å². The highest BCUT2D eigenvalue weighted by Gasteiger charge is 2.47. The molecule has 0 aromatic heterocycles. The third-order valence-corrected chi connectivity index (χ3v) is 5.49. The molecule has 1 saturated heterocycles. The van der Waals surface area contributed by atoms with Crippen LogP contribution in [-0.4, -0.2) is 46.3 Å². The van der Waals surface area contributed by atoms with Gasteiger partial charge in [-0.15, -0.1) is 0 Å². The van der Waals surface area contributed by atoms with E-state index in [0.717, 1.165) is 24.3 Å². The van der Waals surface area contributed by atoms with Crippen molar-refractivity contribution >= 4 is 23.6 Å². The van der Waals surface area contributed by atoms with Crippen LogP contribution in [0.4, 0.5) is 0 Å². The van der Waals surface area contributed by atoms with Gasteiger partial charge in [0, 0.05) is 12.3 Å². The van der Waals surface area contributed by atoms with E-state index in [2.05, 4.69) is 12.2 Å². The van der Waals surface area contributed by atoms with Gasteiger partial charge in [0.15, 0.2) is 0 Å². The molecule has 1 N–H and O–H groups in total. The molecule has 1 heterocycles. The van der Waals surface area contributed by atoms with Crippen molar-refractivity contribution in [1.29, 1.82) is 0 Å². The van der Waals surface area contributed by atoms with Crippen LogP contribution in [-0.2, 0) is 9.59 Å². The zero-order chi connectivity index (χ0) is 15.5. The lowest BCUT2D eigenvalue weighted by atomic mass is 9.80. The van der Waals surface area contributed by atoms with Gasteiger partial charge in [0.05, 0.1) is 0 Å². The Labute approximate surface area is 132 Å². The molecule has 1 aliphatic heterocycles. The van der Waals surface area contributed by atoms with E-state index in [1.54, 1.807) is 0 Å². The van der Waals surface area contributed by atoms with E-state index in [0.29, 0.717) is 12.5 Å². The normalized spacial score (nSPS) is 26.8. The van der Waals surface area contributed by atoms with Gasteiger partial charge < -0.3 is 10.2 Å². The quantitative estimate of drug-likeness (QED) is 0.793. The smallest absolute Gasteiger partial charge is 0.248 e. The Balaban J connectivity index is 2.16. The summed E-state index contributed by atoms with van der Waals surface area (Å²) in [4.78, 5) is 27.2. The number of carbonyl (C=O) groups is 2. The Bertz CT molecular complexity index is 392. The number of hydrogen-bond donors (Lipinski definition) is 1. The number of amides is 2. The molecule has 4 nitrogen and oxygen atoms in total. The lowest BCUT2D eigenvalue weighted by molar-refractivity contribution is -0.156. The first kappa shape index (κ1) is 16.7. The van der Waals surface area contributed by atoms with Crippen LogP contribution in [0.1, 0.15) is 52.9 Å². The fraction of sp³-hybridized carbons (Fsp3) is 0.875. The second-order valence-electron chi connectivity index (χ2n) is 6.65. The SMILES string of the molecule is CCSCCN1C(=O)C(C)(C)NC(=O)C1C1CCCCC1. The van der Waals surface area contributed by atoms with E-state index in [1.165, 1.54) is 19.3 Å². The average molecular weight is 312 g/mol. The largest absolute Gasteiger partial charge is 0.340 e. The lowest BCUT2D eigenvalue weighted by Crippen LogP contribution is -2.70. The van der Waals surface area contributed by atoms with Crippen molar-refractivity contribution in [3.05, 3.63) is 0 Å². The zero-order valence-electron chi connectivity index (χ0n) is 13.5. The summed E-state index contributed by atoms with van der Waals surface area (Å²) in [6.07, 6.45) is 5.77. The first-order valence-electron chi connectivity index (χ1n) is 8.18. The maximum absolute atomic E-state index is 12.7. The minimum atomic E-state index is -0.765. The second kappa shape index (κ2) is 7.03. The van der Waals surface area contributed by atoms with Crippen LogP contribution >= 0.6 is 11.8 Å². The number of nitrogens with one attached hydrogen (secondary N) is 1. The summed E-state index contributed by atoms with van der Waals surface area (Å²) < 4.78 is 0. The fourth-order valence-electron chi connectivity index (χ4n) is 3.53. The fourth-order valence-corrected chi connectivity index (χ4v) is 4.14. The summed E-state index contributed by atoms with van der Waals surface area (Å²) in [7, 11) is 0. The number of carbonyl (C=O) groups excluding carboxylic acids is 2.